The van der Waals surface area contributed by atoms with E-state index in [4.69, 9.17) is 0 Å². The number of rotatable bonds is 4. The summed E-state index contributed by atoms with van der Waals surface area (Å²) in [5, 5.41) is 0. The minimum atomic E-state index is -4.74. The maximum Gasteiger partial charge on any atom is 0.417 e. The fraction of sp³-hybridized carbons (Fsp3) is 0.500. The molecular weight excluding hydrogens is 393 g/mol. The van der Waals surface area contributed by atoms with E-state index in [-0.39, 0.29) is 12.6 Å². The predicted molar refractivity (Wildman–Crippen MR) is 97.9 cm³/mol. The Morgan fingerprint density at radius 3 is 2.43 bits per heavy atom. The van der Waals surface area contributed by atoms with Gasteiger partial charge in [-0.2, -0.15) is 17.5 Å². The van der Waals surface area contributed by atoms with Gasteiger partial charge in [0.15, 0.2) is 0 Å². The SMILES string of the molecule is C[C@@H]1[C@@H](C)N(S(=O)(=O)c2ccccc2C(F)(F)F)CCN1Cc1nccn1C. The fourth-order valence-electron chi connectivity index (χ4n) is 3.52. The van der Waals surface area contributed by atoms with Crippen molar-refractivity contribution in [3.63, 3.8) is 0 Å². The van der Waals surface area contributed by atoms with E-state index >= 15 is 0 Å². The Hall–Kier alpha value is -1.91. The van der Waals surface area contributed by atoms with E-state index in [0.717, 1.165) is 18.0 Å². The molecule has 0 spiro atoms. The molecule has 0 amide bonds. The summed E-state index contributed by atoms with van der Waals surface area (Å²) in [6, 6.07) is 3.67. The number of piperazine rings is 1. The second-order valence-corrected chi connectivity index (χ2v) is 8.87. The summed E-state index contributed by atoms with van der Waals surface area (Å²) in [5.74, 6) is 0.845. The first-order valence-corrected chi connectivity index (χ1v) is 10.4. The van der Waals surface area contributed by atoms with Crippen LogP contribution in [-0.2, 0) is 29.8 Å². The largest absolute Gasteiger partial charge is 0.417 e. The predicted octanol–water partition coefficient (Wildman–Crippen LogP) is 2.72. The Bertz CT molecular complexity index is 942. The highest BCUT2D eigenvalue weighted by atomic mass is 32.2. The molecular formula is C18H23F3N4O2S. The van der Waals surface area contributed by atoms with E-state index < -0.39 is 32.7 Å². The van der Waals surface area contributed by atoms with Gasteiger partial charge in [-0.25, -0.2) is 13.4 Å². The number of nitrogens with zero attached hydrogens (tertiary/aromatic N) is 4. The van der Waals surface area contributed by atoms with E-state index in [1.807, 2.05) is 24.7 Å². The van der Waals surface area contributed by atoms with E-state index in [0.29, 0.717) is 13.1 Å². The number of aromatic nitrogens is 2. The zero-order valence-corrected chi connectivity index (χ0v) is 16.7. The summed E-state index contributed by atoms with van der Waals surface area (Å²) in [6.45, 7) is 4.67. The van der Waals surface area contributed by atoms with Crippen molar-refractivity contribution < 1.29 is 21.6 Å². The number of imidazole rings is 1. The lowest BCUT2D eigenvalue weighted by Crippen LogP contribution is -2.58. The van der Waals surface area contributed by atoms with Gasteiger partial charge in [0.25, 0.3) is 0 Å². The average molecular weight is 416 g/mol. The van der Waals surface area contributed by atoms with Gasteiger partial charge in [0, 0.05) is 44.6 Å². The summed E-state index contributed by atoms with van der Waals surface area (Å²) in [7, 11) is -2.41. The van der Waals surface area contributed by atoms with Gasteiger partial charge in [-0.3, -0.25) is 4.90 Å². The van der Waals surface area contributed by atoms with Crippen LogP contribution in [0.4, 0.5) is 13.2 Å². The molecule has 2 heterocycles. The van der Waals surface area contributed by atoms with Crippen molar-refractivity contribution in [2.24, 2.45) is 7.05 Å². The highest BCUT2D eigenvalue weighted by Gasteiger charge is 2.43. The van der Waals surface area contributed by atoms with E-state index in [1.54, 1.807) is 13.1 Å². The molecule has 1 saturated heterocycles. The minimum absolute atomic E-state index is 0.116. The summed E-state index contributed by atoms with van der Waals surface area (Å²) in [4.78, 5) is 5.68. The van der Waals surface area contributed by atoms with Crippen LogP contribution in [0.2, 0.25) is 0 Å². The molecule has 0 aliphatic carbocycles. The van der Waals surface area contributed by atoms with Gasteiger partial charge in [0.1, 0.15) is 5.82 Å². The van der Waals surface area contributed by atoms with Crippen LogP contribution in [0.1, 0.15) is 25.2 Å². The maximum absolute atomic E-state index is 13.3. The van der Waals surface area contributed by atoms with Gasteiger partial charge in [0.05, 0.1) is 17.0 Å². The number of hydrogen-bond donors (Lipinski definition) is 0. The molecule has 1 aromatic heterocycles. The molecule has 28 heavy (non-hydrogen) atoms. The molecule has 0 N–H and O–H groups in total. The van der Waals surface area contributed by atoms with Crippen molar-refractivity contribution in [1.82, 2.24) is 18.8 Å². The van der Waals surface area contributed by atoms with Crippen LogP contribution in [0, 0.1) is 0 Å². The number of hydrogen-bond acceptors (Lipinski definition) is 4. The standard InChI is InChI=1S/C18H23F3N4O2S/c1-13-14(2)25(11-10-24(13)12-17-22-8-9-23(17)3)28(26,27)16-7-5-4-6-15(16)18(19,20)21/h4-9,13-14H,10-12H2,1-3H3/t13-,14-/m1/s1. The van der Waals surface area contributed by atoms with Gasteiger partial charge in [-0.15, -0.1) is 0 Å². The zero-order valence-electron chi connectivity index (χ0n) is 15.9. The Morgan fingerprint density at radius 1 is 1.14 bits per heavy atom. The van der Waals surface area contributed by atoms with Crippen LogP contribution in [0.5, 0.6) is 0 Å². The topological polar surface area (TPSA) is 58.4 Å². The highest BCUT2D eigenvalue weighted by Crippen LogP contribution is 2.36. The number of aryl methyl sites for hydroxylation is 1. The molecule has 1 aliphatic rings. The molecule has 6 nitrogen and oxygen atoms in total. The number of halogens is 3. The second kappa shape index (κ2) is 7.49. The molecule has 1 fully saturated rings. The first-order chi connectivity index (χ1) is 13.0. The second-order valence-electron chi connectivity index (χ2n) is 7.02. The average Bonchev–Trinajstić information content (AvgIpc) is 3.03. The van der Waals surface area contributed by atoms with Crippen LogP contribution >= 0.6 is 0 Å². The molecule has 154 valence electrons. The quantitative estimate of drug-likeness (QED) is 0.769. The lowest BCUT2D eigenvalue weighted by Gasteiger charge is -2.44. The molecule has 2 aromatic rings. The molecule has 2 atom stereocenters. The lowest BCUT2D eigenvalue weighted by molar-refractivity contribution is -0.139. The van der Waals surface area contributed by atoms with Gasteiger partial charge in [0.2, 0.25) is 10.0 Å². The molecule has 0 radical (unpaired) electrons. The van der Waals surface area contributed by atoms with E-state index in [2.05, 4.69) is 9.88 Å². The van der Waals surface area contributed by atoms with Crippen molar-refractivity contribution in [3.05, 3.63) is 48.0 Å². The fourth-order valence-corrected chi connectivity index (χ4v) is 5.43. The minimum Gasteiger partial charge on any atom is -0.337 e. The van der Waals surface area contributed by atoms with Crippen LogP contribution in [0.15, 0.2) is 41.6 Å². The Morgan fingerprint density at radius 2 is 1.82 bits per heavy atom. The maximum atomic E-state index is 13.3. The molecule has 10 heteroatoms. The molecule has 1 aliphatic heterocycles. The summed E-state index contributed by atoms with van der Waals surface area (Å²) >= 11 is 0. The molecule has 0 unspecified atom stereocenters. The lowest BCUT2D eigenvalue weighted by atomic mass is 10.1. The van der Waals surface area contributed by atoms with Crippen LogP contribution in [-0.4, -0.2) is 52.3 Å². The Labute approximate surface area is 162 Å². The molecule has 0 bridgehead atoms. The van der Waals surface area contributed by atoms with Crippen molar-refractivity contribution >= 4 is 10.0 Å². The van der Waals surface area contributed by atoms with Crippen molar-refractivity contribution in [1.29, 1.82) is 0 Å². The highest BCUT2D eigenvalue weighted by molar-refractivity contribution is 7.89. The summed E-state index contributed by atoms with van der Waals surface area (Å²) < 4.78 is 69.2. The zero-order chi connectivity index (χ0) is 20.7. The van der Waals surface area contributed by atoms with Crippen LogP contribution in [0.3, 0.4) is 0 Å². The number of alkyl halides is 3. The first kappa shape index (κ1) is 20.8. The summed E-state index contributed by atoms with van der Waals surface area (Å²) in [5.41, 5.74) is -1.13. The Balaban J connectivity index is 1.87. The van der Waals surface area contributed by atoms with Gasteiger partial charge >= 0.3 is 6.18 Å². The van der Waals surface area contributed by atoms with Crippen molar-refractivity contribution in [2.45, 2.75) is 43.5 Å². The molecule has 0 saturated carbocycles. The van der Waals surface area contributed by atoms with E-state index in [1.165, 1.54) is 16.4 Å². The van der Waals surface area contributed by atoms with E-state index in [9.17, 15) is 21.6 Å². The monoisotopic (exact) mass is 416 g/mol. The third-order valence-electron chi connectivity index (χ3n) is 5.38. The Kier molecular flexibility index (Phi) is 5.57. The van der Waals surface area contributed by atoms with Crippen LogP contribution in [0.25, 0.3) is 0 Å². The third kappa shape index (κ3) is 3.81. The number of benzene rings is 1. The van der Waals surface area contributed by atoms with Gasteiger partial charge in [-0.1, -0.05) is 12.1 Å². The summed E-state index contributed by atoms with van der Waals surface area (Å²) in [6.07, 6.45) is -1.21. The number of sulfonamides is 1. The normalized spacial score (nSPS) is 22.5. The molecule has 1 aromatic carbocycles. The smallest absolute Gasteiger partial charge is 0.337 e. The van der Waals surface area contributed by atoms with Gasteiger partial charge in [-0.05, 0) is 26.0 Å². The van der Waals surface area contributed by atoms with Crippen molar-refractivity contribution in [2.75, 3.05) is 13.1 Å². The van der Waals surface area contributed by atoms with Crippen LogP contribution < -0.4 is 0 Å². The van der Waals surface area contributed by atoms with Gasteiger partial charge < -0.3 is 4.57 Å². The first-order valence-electron chi connectivity index (χ1n) is 8.92. The third-order valence-corrected chi connectivity index (χ3v) is 7.42. The molecule has 3 rings (SSSR count). The van der Waals surface area contributed by atoms with Crippen molar-refractivity contribution in [3.8, 4) is 0 Å².